The lowest BCUT2D eigenvalue weighted by atomic mass is 9.57. The van der Waals surface area contributed by atoms with Crippen molar-refractivity contribution in [2.45, 2.75) is 57.5 Å². The average molecular weight is 646 g/mol. The van der Waals surface area contributed by atoms with Crippen molar-refractivity contribution in [3.8, 4) is 0 Å². The van der Waals surface area contributed by atoms with Crippen LogP contribution in [0.2, 0.25) is 0 Å². The summed E-state index contributed by atoms with van der Waals surface area (Å²) in [5.41, 5.74) is 1.07. The molecule has 3 heterocycles. The second-order valence-electron chi connectivity index (χ2n) is 13.2. The molecule has 10 nitrogen and oxygen atoms in total. The minimum Gasteiger partial charge on any atom is -0.354 e. The Labute approximate surface area is 279 Å². The maximum atomic E-state index is 15.0. The van der Waals surface area contributed by atoms with Crippen LogP contribution in [0.4, 0.5) is 10.5 Å². The fraction of sp³-hybridized carbons (Fsp3) is 0.368. The van der Waals surface area contributed by atoms with Crippen LogP contribution >= 0.6 is 0 Å². The molecule has 1 saturated heterocycles. The van der Waals surface area contributed by atoms with E-state index in [4.69, 9.17) is 0 Å². The SMILES string of the molecule is CCC1=C2CC[C@H]3C(=O)N(c4ccccc4)C(=O)[C@H]3[C@H]2[C@@](Cc2ccccc2)(C(=O)NCC2CC2)N(C(=O)NCc2ccccn2)C1=O. The first-order valence-corrected chi connectivity index (χ1v) is 16.8. The first-order chi connectivity index (χ1) is 23.3. The van der Waals surface area contributed by atoms with Gasteiger partial charge < -0.3 is 10.6 Å². The number of carbonyl (C=O) groups is 5. The number of urea groups is 1. The van der Waals surface area contributed by atoms with Crippen molar-refractivity contribution in [3.05, 3.63) is 107 Å². The second-order valence-corrected chi connectivity index (χ2v) is 13.2. The van der Waals surface area contributed by atoms with Crippen LogP contribution in [0.25, 0.3) is 0 Å². The van der Waals surface area contributed by atoms with E-state index in [-0.39, 0.29) is 18.9 Å². The molecule has 4 atom stereocenters. The summed E-state index contributed by atoms with van der Waals surface area (Å²) in [5, 5.41) is 5.98. The van der Waals surface area contributed by atoms with E-state index in [0.717, 1.165) is 23.3 Å². The van der Waals surface area contributed by atoms with E-state index >= 15 is 4.79 Å². The number of hydrogen-bond acceptors (Lipinski definition) is 6. The lowest BCUT2D eigenvalue weighted by Crippen LogP contribution is -2.73. The smallest absolute Gasteiger partial charge is 0.325 e. The molecule has 3 aromatic rings. The fourth-order valence-corrected chi connectivity index (χ4v) is 7.99. The number of imide groups is 2. The average Bonchev–Trinajstić information content (AvgIpc) is 3.91. The molecule has 10 heteroatoms. The maximum absolute atomic E-state index is 15.0. The van der Waals surface area contributed by atoms with Crippen LogP contribution in [0.15, 0.2) is 96.2 Å². The van der Waals surface area contributed by atoms with Crippen molar-refractivity contribution >= 4 is 35.3 Å². The molecule has 2 aliphatic heterocycles. The number of nitrogens with one attached hydrogen (secondary N) is 2. The van der Waals surface area contributed by atoms with Gasteiger partial charge in [0.05, 0.1) is 29.8 Å². The molecule has 7 rings (SSSR count). The van der Waals surface area contributed by atoms with E-state index in [1.165, 1.54) is 4.90 Å². The first-order valence-electron chi connectivity index (χ1n) is 16.8. The molecule has 4 aliphatic rings. The molecule has 246 valence electrons. The summed E-state index contributed by atoms with van der Waals surface area (Å²) in [6.45, 7) is 2.28. The van der Waals surface area contributed by atoms with Gasteiger partial charge >= 0.3 is 6.03 Å². The van der Waals surface area contributed by atoms with Crippen LogP contribution in [0.5, 0.6) is 0 Å². The van der Waals surface area contributed by atoms with E-state index in [1.54, 1.807) is 48.7 Å². The molecule has 0 bridgehead atoms. The third kappa shape index (κ3) is 5.38. The summed E-state index contributed by atoms with van der Waals surface area (Å²) in [4.78, 5) is 79.6. The van der Waals surface area contributed by atoms with Crippen molar-refractivity contribution in [1.82, 2.24) is 20.5 Å². The van der Waals surface area contributed by atoms with Crippen LogP contribution < -0.4 is 15.5 Å². The van der Waals surface area contributed by atoms with Crippen LogP contribution in [0.3, 0.4) is 0 Å². The molecule has 1 aromatic heterocycles. The van der Waals surface area contributed by atoms with Crippen LogP contribution in [-0.2, 0) is 32.1 Å². The van der Waals surface area contributed by atoms with Crippen molar-refractivity contribution in [2.24, 2.45) is 23.7 Å². The van der Waals surface area contributed by atoms with Gasteiger partial charge in [-0.25, -0.2) is 9.69 Å². The Morgan fingerprint density at radius 2 is 1.58 bits per heavy atom. The summed E-state index contributed by atoms with van der Waals surface area (Å²) >= 11 is 0. The molecular weight excluding hydrogens is 606 g/mol. The third-order valence-electron chi connectivity index (χ3n) is 10.4. The predicted octanol–water partition coefficient (Wildman–Crippen LogP) is 4.56. The van der Waals surface area contributed by atoms with Gasteiger partial charge in [-0.3, -0.25) is 29.1 Å². The molecule has 6 amide bonds. The summed E-state index contributed by atoms with van der Waals surface area (Å²) in [7, 11) is 0. The van der Waals surface area contributed by atoms with Crippen molar-refractivity contribution in [2.75, 3.05) is 11.4 Å². The van der Waals surface area contributed by atoms with Crippen LogP contribution in [0.1, 0.15) is 50.3 Å². The Bertz CT molecular complexity index is 1770. The number of carbonyl (C=O) groups excluding carboxylic acids is 5. The quantitative estimate of drug-likeness (QED) is 0.329. The second kappa shape index (κ2) is 12.8. The van der Waals surface area contributed by atoms with Crippen molar-refractivity contribution in [1.29, 1.82) is 0 Å². The van der Waals surface area contributed by atoms with Gasteiger partial charge in [-0.2, -0.15) is 0 Å². The summed E-state index contributed by atoms with van der Waals surface area (Å²) in [6.07, 6.45) is 4.62. The highest BCUT2D eigenvalue weighted by Gasteiger charge is 2.67. The number of amides is 6. The van der Waals surface area contributed by atoms with Crippen LogP contribution in [0, 0.1) is 23.7 Å². The first kappa shape index (κ1) is 31.5. The molecule has 2 saturated carbocycles. The number of benzene rings is 2. The van der Waals surface area contributed by atoms with Gasteiger partial charge in [0.25, 0.3) is 5.91 Å². The van der Waals surface area contributed by atoms with Gasteiger partial charge in [0.1, 0.15) is 5.54 Å². The zero-order valence-electron chi connectivity index (χ0n) is 26.9. The lowest BCUT2D eigenvalue weighted by molar-refractivity contribution is -0.151. The Morgan fingerprint density at radius 3 is 2.25 bits per heavy atom. The van der Waals surface area contributed by atoms with E-state index < -0.39 is 47.0 Å². The van der Waals surface area contributed by atoms with E-state index in [0.29, 0.717) is 54.3 Å². The van der Waals surface area contributed by atoms with Gasteiger partial charge in [0, 0.05) is 30.7 Å². The molecule has 0 radical (unpaired) electrons. The summed E-state index contributed by atoms with van der Waals surface area (Å²) < 4.78 is 0. The number of aromatic nitrogens is 1. The van der Waals surface area contributed by atoms with Gasteiger partial charge in [-0.15, -0.1) is 0 Å². The normalized spacial score (nSPS) is 25.1. The fourth-order valence-electron chi connectivity index (χ4n) is 7.99. The molecule has 48 heavy (non-hydrogen) atoms. The van der Waals surface area contributed by atoms with Gasteiger partial charge in [-0.05, 0) is 67.9 Å². The summed E-state index contributed by atoms with van der Waals surface area (Å²) in [5.74, 6) is -4.01. The highest BCUT2D eigenvalue weighted by Crippen LogP contribution is 2.55. The van der Waals surface area contributed by atoms with Gasteiger partial charge in [-0.1, -0.05) is 67.1 Å². The standard InChI is InChI=1S/C38H39N5O5/c1-2-28-29-18-19-30-31(35(46)42(33(30)44)27-14-7-4-8-15-27)32(29)38(21-24-11-5-3-6-12-24,36(47)40-22-25-16-17-25)43(34(28)45)37(48)41-23-26-13-9-10-20-39-26/h3-15,20,25,30-32H,2,16-19,21-23H2,1H3,(H,40,47)(H,41,48)/t30-,31-,32+,38+/m1/s1. The number of fused-ring (bicyclic) bond motifs is 3. The van der Waals surface area contributed by atoms with E-state index in [2.05, 4.69) is 15.6 Å². The molecular formula is C38H39N5O5. The number of para-hydroxylation sites is 1. The van der Waals surface area contributed by atoms with E-state index in [1.807, 2.05) is 43.3 Å². The van der Waals surface area contributed by atoms with Gasteiger partial charge in [0.15, 0.2) is 0 Å². The molecule has 2 aliphatic carbocycles. The predicted molar refractivity (Wildman–Crippen MR) is 178 cm³/mol. The number of anilines is 1. The number of rotatable bonds is 9. The largest absolute Gasteiger partial charge is 0.354 e. The number of hydrogen-bond donors (Lipinski definition) is 2. The minimum atomic E-state index is -1.83. The zero-order valence-corrected chi connectivity index (χ0v) is 26.9. The van der Waals surface area contributed by atoms with Gasteiger partial charge in [0.2, 0.25) is 17.7 Å². The molecule has 0 spiro atoms. The maximum Gasteiger partial charge on any atom is 0.325 e. The lowest BCUT2D eigenvalue weighted by Gasteiger charge is -2.54. The Hall–Kier alpha value is -5.12. The minimum absolute atomic E-state index is 0.0196. The molecule has 0 unspecified atom stereocenters. The highest BCUT2D eigenvalue weighted by atomic mass is 16.2. The van der Waals surface area contributed by atoms with E-state index in [9.17, 15) is 19.2 Å². The third-order valence-corrected chi connectivity index (χ3v) is 10.4. The Balaban J connectivity index is 1.41. The Morgan fingerprint density at radius 1 is 0.875 bits per heavy atom. The topological polar surface area (TPSA) is 129 Å². The highest BCUT2D eigenvalue weighted by molar-refractivity contribution is 6.23. The summed E-state index contributed by atoms with van der Waals surface area (Å²) in [6, 6.07) is 22.7. The number of pyridine rings is 1. The molecule has 2 N–H and O–H groups in total. The van der Waals surface area contributed by atoms with Crippen molar-refractivity contribution < 1.29 is 24.0 Å². The monoisotopic (exact) mass is 645 g/mol. The Kier molecular flexibility index (Phi) is 8.41. The molecule has 3 fully saturated rings. The molecule has 2 aromatic carbocycles. The van der Waals surface area contributed by atoms with Crippen LogP contribution in [-0.4, -0.2) is 51.6 Å². The van der Waals surface area contributed by atoms with Crippen molar-refractivity contribution in [3.63, 3.8) is 0 Å². The number of nitrogens with zero attached hydrogens (tertiary/aromatic N) is 3. The zero-order chi connectivity index (χ0) is 33.4.